The van der Waals surface area contributed by atoms with Gasteiger partial charge in [0, 0.05) is 23.0 Å². The van der Waals surface area contributed by atoms with Crippen molar-refractivity contribution in [2.45, 2.75) is 13.8 Å². The quantitative estimate of drug-likeness (QED) is 0.571. The van der Waals surface area contributed by atoms with E-state index in [1.807, 2.05) is 13.0 Å². The Morgan fingerprint density at radius 2 is 2.20 bits per heavy atom. The Morgan fingerprint density at radius 1 is 1.53 bits per heavy atom. The van der Waals surface area contributed by atoms with Gasteiger partial charge < -0.3 is 11.1 Å². The number of nitrogens with two attached hydrogens (primary N) is 1. The molecule has 1 aromatic rings. The minimum absolute atomic E-state index is 0.235. The fourth-order valence-electron chi connectivity index (χ4n) is 0.998. The molecule has 0 saturated heterocycles. The first-order valence-electron chi connectivity index (χ1n) is 4.50. The molecule has 4 nitrogen and oxygen atoms in total. The van der Waals surface area contributed by atoms with Gasteiger partial charge in [-0.2, -0.15) is 0 Å². The van der Waals surface area contributed by atoms with Gasteiger partial charge >= 0.3 is 0 Å². The van der Waals surface area contributed by atoms with Crippen LogP contribution in [0, 0.1) is 12.3 Å². The smallest absolute Gasteiger partial charge is 0.244 e. The van der Waals surface area contributed by atoms with Gasteiger partial charge in [0.1, 0.15) is 0 Å². The van der Waals surface area contributed by atoms with Gasteiger partial charge in [0.25, 0.3) is 0 Å². The third-order valence-electron chi connectivity index (χ3n) is 1.97. The second kappa shape index (κ2) is 4.50. The summed E-state index contributed by atoms with van der Waals surface area (Å²) >= 11 is 0. The van der Waals surface area contributed by atoms with Crippen LogP contribution < -0.4 is 5.73 Å². The van der Waals surface area contributed by atoms with Crippen molar-refractivity contribution in [3.05, 3.63) is 41.2 Å². The normalized spacial score (nSPS) is 11.2. The lowest BCUT2D eigenvalue weighted by atomic mass is 10.1. The molecule has 1 rings (SSSR count). The molecule has 1 heterocycles. The first kappa shape index (κ1) is 11.1. The number of carbonyl (C=O) groups excluding carboxylic acids is 1. The molecule has 0 atom stereocenters. The van der Waals surface area contributed by atoms with Crippen LogP contribution in [0.5, 0.6) is 0 Å². The Morgan fingerprint density at radius 3 is 2.67 bits per heavy atom. The summed E-state index contributed by atoms with van der Waals surface area (Å²) in [6, 6.07) is 3.60. The van der Waals surface area contributed by atoms with Gasteiger partial charge in [-0.1, -0.05) is 0 Å². The molecule has 1 amide bonds. The fourth-order valence-corrected chi connectivity index (χ4v) is 0.998. The molecule has 15 heavy (non-hydrogen) atoms. The number of aromatic nitrogens is 1. The maximum absolute atomic E-state index is 10.8. The zero-order chi connectivity index (χ0) is 11.4. The van der Waals surface area contributed by atoms with Gasteiger partial charge in [0.15, 0.2) is 0 Å². The molecular formula is C11H13N3O. The van der Waals surface area contributed by atoms with Crippen LogP contribution in [0.4, 0.5) is 0 Å². The predicted octanol–water partition coefficient (Wildman–Crippen LogP) is 1.19. The number of primary amides is 1. The third-order valence-corrected chi connectivity index (χ3v) is 1.97. The summed E-state index contributed by atoms with van der Waals surface area (Å²) < 4.78 is 0. The van der Waals surface area contributed by atoms with Crippen molar-refractivity contribution in [3.63, 3.8) is 0 Å². The SMILES string of the molecule is C/C(=C/C(=N)c1ccc(C)nc1)C(N)=O. The van der Waals surface area contributed by atoms with Crippen LogP contribution in [0.25, 0.3) is 0 Å². The maximum atomic E-state index is 10.8. The predicted molar refractivity (Wildman–Crippen MR) is 58.8 cm³/mol. The second-order valence-electron chi connectivity index (χ2n) is 3.29. The summed E-state index contributed by atoms with van der Waals surface area (Å²) in [6.45, 7) is 3.45. The highest BCUT2D eigenvalue weighted by atomic mass is 16.1. The number of amides is 1. The van der Waals surface area contributed by atoms with E-state index in [9.17, 15) is 4.79 Å². The minimum Gasteiger partial charge on any atom is -0.366 e. The van der Waals surface area contributed by atoms with Crippen LogP contribution in [-0.4, -0.2) is 16.6 Å². The first-order chi connectivity index (χ1) is 7.00. The van der Waals surface area contributed by atoms with Crippen molar-refractivity contribution in [2.24, 2.45) is 5.73 Å². The van der Waals surface area contributed by atoms with Gasteiger partial charge in [-0.25, -0.2) is 0 Å². The molecule has 0 spiro atoms. The Bertz CT molecular complexity index is 418. The van der Waals surface area contributed by atoms with Crippen LogP contribution in [0.2, 0.25) is 0 Å². The van der Waals surface area contributed by atoms with Crippen LogP contribution in [0.3, 0.4) is 0 Å². The van der Waals surface area contributed by atoms with E-state index in [0.717, 1.165) is 5.69 Å². The van der Waals surface area contributed by atoms with Crippen molar-refractivity contribution in [1.82, 2.24) is 4.98 Å². The number of hydrogen-bond donors (Lipinski definition) is 2. The van der Waals surface area contributed by atoms with Gasteiger partial charge in [-0.15, -0.1) is 0 Å². The molecule has 0 unspecified atom stereocenters. The van der Waals surface area contributed by atoms with Crippen LogP contribution in [0.15, 0.2) is 30.0 Å². The summed E-state index contributed by atoms with van der Waals surface area (Å²) in [5.74, 6) is -0.514. The fraction of sp³-hybridized carbons (Fsp3) is 0.182. The van der Waals surface area contributed by atoms with Crippen molar-refractivity contribution in [1.29, 1.82) is 5.41 Å². The maximum Gasteiger partial charge on any atom is 0.244 e. The number of hydrogen-bond acceptors (Lipinski definition) is 3. The van der Waals surface area contributed by atoms with Crippen molar-refractivity contribution >= 4 is 11.6 Å². The average molecular weight is 203 g/mol. The summed E-state index contributed by atoms with van der Waals surface area (Å²) in [5, 5.41) is 7.70. The number of pyridine rings is 1. The van der Waals surface area contributed by atoms with E-state index in [0.29, 0.717) is 11.1 Å². The van der Waals surface area contributed by atoms with Crippen molar-refractivity contribution < 1.29 is 4.79 Å². The molecule has 0 fully saturated rings. The molecule has 3 N–H and O–H groups in total. The lowest BCUT2D eigenvalue weighted by Gasteiger charge is -2.00. The zero-order valence-electron chi connectivity index (χ0n) is 8.74. The third kappa shape index (κ3) is 3.02. The van der Waals surface area contributed by atoms with Crippen LogP contribution in [0.1, 0.15) is 18.2 Å². The monoisotopic (exact) mass is 203 g/mol. The van der Waals surface area contributed by atoms with Gasteiger partial charge in [-0.3, -0.25) is 9.78 Å². The van der Waals surface area contributed by atoms with E-state index >= 15 is 0 Å². The lowest BCUT2D eigenvalue weighted by molar-refractivity contribution is -0.114. The van der Waals surface area contributed by atoms with Crippen LogP contribution in [-0.2, 0) is 4.79 Å². The van der Waals surface area contributed by atoms with Gasteiger partial charge in [-0.05, 0) is 32.1 Å². The molecule has 0 aliphatic heterocycles. The van der Waals surface area contributed by atoms with Crippen molar-refractivity contribution in [3.8, 4) is 0 Å². The van der Waals surface area contributed by atoms with Gasteiger partial charge in [0.2, 0.25) is 5.91 Å². The summed E-state index contributed by atoms with van der Waals surface area (Å²) in [5.41, 5.74) is 7.22. The summed E-state index contributed by atoms with van der Waals surface area (Å²) in [4.78, 5) is 14.8. The first-order valence-corrected chi connectivity index (χ1v) is 4.50. The van der Waals surface area contributed by atoms with E-state index in [-0.39, 0.29) is 5.71 Å². The Labute approximate surface area is 88.3 Å². The molecule has 0 saturated carbocycles. The number of nitrogens with one attached hydrogen (secondary N) is 1. The summed E-state index contributed by atoms with van der Waals surface area (Å²) in [6.07, 6.45) is 3.04. The lowest BCUT2D eigenvalue weighted by Crippen LogP contribution is -2.13. The van der Waals surface area contributed by atoms with E-state index in [4.69, 9.17) is 11.1 Å². The topological polar surface area (TPSA) is 79.8 Å². The number of allylic oxidation sites excluding steroid dienone is 1. The molecule has 0 aliphatic carbocycles. The molecule has 4 heteroatoms. The number of rotatable bonds is 3. The standard InChI is InChI=1S/C11H13N3O/c1-7(11(13)15)5-10(12)9-4-3-8(2)14-6-9/h3-6,12H,1-2H3,(H2,13,15)/b7-5-,12-10?. The highest BCUT2D eigenvalue weighted by molar-refractivity contribution is 6.10. The average Bonchev–Trinajstić information content (AvgIpc) is 2.18. The van der Waals surface area contributed by atoms with Crippen molar-refractivity contribution in [2.75, 3.05) is 0 Å². The molecule has 0 aliphatic rings. The highest BCUT2D eigenvalue weighted by Crippen LogP contribution is 2.03. The van der Waals surface area contributed by atoms with E-state index in [2.05, 4.69) is 4.98 Å². The molecule has 0 radical (unpaired) electrons. The Kier molecular flexibility index (Phi) is 3.33. The summed E-state index contributed by atoms with van der Waals surface area (Å²) in [7, 11) is 0. The molecular weight excluding hydrogens is 190 g/mol. The second-order valence-corrected chi connectivity index (χ2v) is 3.29. The van der Waals surface area contributed by atoms with Crippen LogP contribution >= 0.6 is 0 Å². The molecule has 0 aromatic carbocycles. The van der Waals surface area contributed by atoms with Gasteiger partial charge in [0.05, 0.1) is 5.71 Å². The highest BCUT2D eigenvalue weighted by Gasteiger charge is 2.02. The Balaban J connectivity index is 2.91. The minimum atomic E-state index is -0.514. The number of carbonyl (C=O) groups is 1. The van der Waals surface area contributed by atoms with E-state index < -0.39 is 5.91 Å². The largest absolute Gasteiger partial charge is 0.366 e. The molecule has 0 bridgehead atoms. The number of aryl methyl sites for hydroxylation is 1. The zero-order valence-corrected chi connectivity index (χ0v) is 8.74. The molecule has 1 aromatic heterocycles. The Hall–Kier alpha value is -1.97. The molecule has 78 valence electrons. The number of nitrogens with zero attached hydrogens (tertiary/aromatic N) is 1. The van der Waals surface area contributed by atoms with E-state index in [1.54, 1.807) is 19.2 Å². The van der Waals surface area contributed by atoms with E-state index in [1.165, 1.54) is 6.08 Å².